The number of rotatable bonds is 10. The van der Waals surface area contributed by atoms with Crippen molar-refractivity contribution in [3.63, 3.8) is 0 Å². The van der Waals surface area contributed by atoms with Gasteiger partial charge in [0.25, 0.3) is 0 Å². The molecule has 1 aliphatic heterocycles. The van der Waals surface area contributed by atoms with Crippen LogP contribution in [0.5, 0.6) is 11.5 Å². The van der Waals surface area contributed by atoms with E-state index in [0.717, 1.165) is 25.3 Å². The van der Waals surface area contributed by atoms with E-state index < -0.39 is 18.1 Å². The number of carbonyl (C=O) groups excluding carboxylic acids is 1. The third-order valence-electron chi connectivity index (χ3n) is 5.18. The molecule has 1 saturated heterocycles. The van der Waals surface area contributed by atoms with Crippen LogP contribution < -0.4 is 9.47 Å². The fraction of sp³-hybridized carbons (Fsp3) is 0.480. The Hall–Kier alpha value is -2.44. The number of esters is 1. The van der Waals surface area contributed by atoms with E-state index in [1.54, 1.807) is 24.3 Å². The van der Waals surface area contributed by atoms with Gasteiger partial charge in [-0.15, -0.1) is 0 Å². The fourth-order valence-corrected chi connectivity index (χ4v) is 3.41. The number of carbonyl (C=O) groups is 1. The van der Waals surface area contributed by atoms with Crippen LogP contribution in [0.1, 0.15) is 68.2 Å². The highest BCUT2D eigenvalue weighted by Crippen LogP contribution is 2.29. The Morgan fingerprint density at radius 3 is 2.35 bits per heavy atom. The predicted molar refractivity (Wildman–Crippen MR) is 116 cm³/mol. The van der Waals surface area contributed by atoms with Crippen LogP contribution in [-0.2, 0) is 9.47 Å². The van der Waals surface area contributed by atoms with Crippen molar-refractivity contribution in [2.24, 2.45) is 5.92 Å². The van der Waals surface area contributed by atoms with Crippen LogP contribution in [0.25, 0.3) is 0 Å². The average molecular weight is 431 g/mol. The molecule has 0 bridgehead atoms. The number of unbranched alkanes of at least 4 members (excludes halogenated alkanes) is 2. The van der Waals surface area contributed by atoms with Crippen LogP contribution in [0, 0.1) is 11.7 Å². The molecule has 0 saturated carbocycles. The maximum absolute atomic E-state index is 14.7. The first-order chi connectivity index (χ1) is 15.1. The Labute approximate surface area is 183 Å². The zero-order chi connectivity index (χ0) is 22.1. The third kappa shape index (κ3) is 6.77. The van der Waals surface area contributed by atoms with Gasteiger partial charge in [0.05, 0.1) is 25.4 Å². The van der Waals surface area contributed by atoms with E-state index in [2.05, 4.69) is 6.92 Å². The van der Waals surface area contributed by atoms with Gasteiger partial charge in [0.15, 0.2) is 6.29 Å². The molecule has 0 atom stereocenters. The molecule has 168 valence electrons. The van der Waals surface area contributed by atoms with Crippen LogP contribution in [0.2, 0.25) is 0 Å². The third-order valence-corrected chi connectivity index (χ3v) is 5.18. The average Bonchev–Trinajstić information content (AvgIpc) is 2.79. The summed E-state index contributed by atoms with van der Waals surface area (Å²) in [5.41, 5.74) is 0.418. The highest BCUT2D eigenvalue weighted by molar-refractivity contribution is 5.91. The molecule has 5 nitrogen and oxygen atoms in total. The molecule has 3 rings (SSSR count). The van der Waals surface area contributed by atoms with Crippen molar-refractivity contribution in [3.05, 3.63) is 59.4 Å². The maximum atomic E-state index is 14.7. The molecule has 0 unspecified atom stereocenters. The van der Waals surface area contributed by atoms with Crippen molar-refractivity contribution in [1.29, 1.82) is 0 Å². The Bertz CT molecular complexity index is 828. The van der Waals surface area contributed by atoms with Gasteiger partial charge in [-0.25, -0.2) is 9.18 Å². The van der Waals surface area contributed by atoms with Gasteiger partial charge in [-0.2, -0.15) is 0 Å². The van der Waals surface area contributed by atoms with Gasteiger partial charge >= 0.3 is 5.97 Å². The van der Waals surface area contributed by atoms with E-state index >= 15 is 0 Å². The van der Waals surface area contributed by atoms with Gasteiger partial charge < -0.3 is 18.9 Å². The Morgan fingerprint density at radius 2 is 1.71 bits per heavy atom. The van der Waals surface area contributed by atoms with E-state index in [1.807, 2.05) is 6.92 Å². The number of halogens is 1. The first-order valence-corrected chi connectivity index (χ1v) is 11.1. The Kier molecular flexibility index (Phi) is 8.85. The largest absolute Gasteiger partial charge is 0.494 e. The number of hydrogen-bond acceptors (Lipinski definition) is 5. The SMILES string of the molecule is CCCCCC1COC(c2ccc(C(=O)Oc3ccc(OCCC)cc3)cc2F)OC1. The molecule has 31 heavy (non-hydrogen) atoms. The zero-order valence-corrected chi connectivity index (χ0v) is 18.3. The summed E-state index contributed by atoms with van der Waals surface area (Å²) in [6.07, 6.45) is 4.74. The van der Waals surface area contributed by atoms with E-state index in [0.29, 0.717) is 42.8 Å². The van der Waals surface area contributed by atoms with Crippen molar-refractivity contribution >= 4 is 5.97 Å². The topological polar surface area (TPSA) is 54.0 Å². The number of ether oxygens (including phenoxy) is 4. The minimum absolute atomic E-state index is 0.126. The van der Waals surface area contributed by atoms with Gasteiger partial charge in [0.1, 0.15) is 17.3 Å². The van der Waals surface area contributed by atoms with Gasteiger partial charge in [0.2, 0.25) is 0 Å². The van der Waals surface area contributed by atoms with Gasteiger partial charge in [-0.3, -0.25) is 0 Å². The fourth-order valence-electron chi connectivity index (χ4n) is 3.41. The summed E-state index contributed by atoms with van der Waals surface area (Å²) in [5, 5.41) is 0. The monoisotopic (exact) mass is 430 g/mol. The number of benzene rings is 2. The van der Waals surface area contributed by atoms with Crippen LogP contribution in [0.3, 0.4) is 0 Å². The smallest absolute Gasteiger partial charge is 0.343 e. The molecule has 6 heteroatoms. The molecule has 1 heterocycles. The Balaban J connectivity index is 1.55. The second-order valence-corrected chi connectivity index (χ2v) is 7.81. The van der Waals surface area contributed by atoms with Crippen molar-refractivity contribution in [3.8, 4) is 11.5 Å². The normalized spacial score (nSPS) is 18.5. The molecule has 0 spiro atoms. The summed E-state index contributed by atoms with van der Waals surface area (Å²) in [4.78, 5) is 12.4. The lowest BCUT2D eigenvalue weighted by molar-refractivity contribution is -0.207. The first kappa shape index (κ1) is 23.2. The lowest BCUT2D eigenvalue weighted by atomic mass is 10.0. The maximum Gasteiger partial charge on any atom is 0.343 e. The van der Waals surface area contributed by atoms with Gasteiger partial charge in [-0.1, -0.05) is 39.2 Å². The quantitative estimate of drug-likeness (QED) is 0.260. The molecule has 0 N–H and O–H groups in total. The summed E-state index contributed by atoms with van der Waals surface area (Å²) < 4.78 is 37.0. The van der Waals surface area contributed by atoms with Gasteiger partial charge in [-0.05, 0) is 49.2 Å². The number of hydrogen-bond donors (Lipinski definition) is 0. The van der Waals surface area contributed by atoms with E-state index in [1.165, 1.54) is 25.0 Å². The summed E-state index contributed by atoms with van der Waals surface area (Å²) in [5.74, 6) is 0.240. The van der Waals surface area contributed by atoms with Crippen LogP contribution in [0.4, 0.5) is 4.39 Å². The minimum Gasteiger partial charge on any atom is -0.494 e. The molecule has 2 aromatic carbocycles. The molecular weight excluding hydrogens is 399 g/mol. The van der Waals surface area contributed by atoms with Crippen molar-refractivity contribution in [2.45, 2.75) is 52.2 Å². The molecule has 0 aliphatic carbocycles. The summed E-state index contributed by atoms with van der Waals surface area (Å²) in [6.45, 7) is 5.92. The zero-order valence-electron chi connectivity index (χ0n) is 18.3. The highest BCUT2D eigenvalue weighted by Gasteiger charge is 2.26. The van der Waals surface area contributed by atoms with E-state index in [-0.39, 0.29) is 5.56 Å². The van der Waals surface area contributed by atoms with Crippen molar-refractivity contribution in [2.75, 3.05) is 19.8 Å². The van der Waals surface area contributed by atoms with Crippen LogP contribution in [0.15, 0.2) is 42.5 Å². The summed E-state index contributed by atoms with van der Waals surface area (Å²) >= 11 is 0. The molecule has 1 fully saturated rings. The minimum atomic E-state index is -0.747. The lowest BCUT2D eigenvalue weighted by Crippen LogP contribution is -2.27. The lowest BCUT2D eigenvalue weighted by Gasteiger charge is -2.29. The summed E-state index contributed by atoms with van der Waals surface area (Å²) in [6, 6.07) is 11.0. The predicted octanol–water partition coefficient (Wildman–Crippen LogP) is 6.08. The van der Waals surface area contributed by atoms with Crippen molar-refractivity contribution in [1.82, 2.24) is 0 Å². The van der Waals surface area contributed by atoms with Crippen LogP contribution in [-0.4, -0.2) is 25.8 Å². The van der Waals surface area contributed by atoms with E-state index in [9.17, 15) is 9.18 Å². The molecule has 2 aromatic rings. The second-order valence-electron chi connectivity index (χ2n) is 7.81. The highest BCUT2D eigenvalue weighted by atomic mass is 19.1. The molecule has 0 amide bonds. The summed E-state index contributed by atoms with van der Waals surface area (Å²) in [7, 11) is 0. The van der Waals surface area contributed by atoms with Crippen molar-refractivity contribution < 1.29 is 28.1 Å². The molecule has 0 aromatic heterocycles. The molecule has 0 radical (unpaired) electrons. The van der Waals surface area contributed by atoms with Gasteiger partial charge in [0, 0.05) is 11.5 Å². The molecule has 1 aliphatic rings. The standard InChI is InChI=1S/C25H31FO5/c1-3-5-6-7-18-16-29-25(30-17-18)22-13-8-19(15-23(22)26)24(27)31-21-11-9-20(10-12-21)28-14-4-2/h8-13,15,18,25H,3-7,14,16-17H2,1-2H3. The second kappa shape index (κ2) is 11.8. The molecular formula is C25H31FO5. The first-order valence-electron chi connectivity index (χ1n) is 11.1. The van der Waals surface area contributed by atoms with E-state index in [4.69, 9.17) is 18.9 Å². The van der Waals surface area contributed by atoms with Crippen LogP contribution >= 0.6 is 0 Å². The Morgan fingerprint density at radius 1 is 1.00 bits per heavy atom.